The SMILES string of the molecule is CCC(C)C(NC(=O)C(N)CO)C(=O)NCC(=O)O. The summed E-state index contributed by atoms with van der Waals surface area (Å²) in [7, 11) is 0. The molecule has 2 amide bonds. The number of nitrogens with two attached hydrogens (primary N) is 1. The number of amides is 2. The summed E-state index contributed by atoms with van der Waals surface area (Å²) >= 11 is 0. The molecule has 0 aromatic heterocycles. The molecule has 0 fully saturated rings. The second-order valence-corrected chi connectivity index (χ2v) is 4.27. The Bertz CT molecular complexity index is 334. The van der Waals surface area contributed by atoms with Crippen LogP contribution in [0.2, 0.25) is 0 Å². The molecule has 110 valence electrons. The molecule has 0 aromatic carbocycles. The highest BCUT2D eigenvalue weighted by Gasteiger charge is 2.27. The number of aliphatic carboxylic acids is 1. The molecule has 8 heteroatoms. The van der Waals surface area contributed by atoms with Crippen LogP contribution in [0, 0.1) is 5.92 Å². The molecule has 8 nitrogen and oxygen atoms in total. The van der Waals surface area contributed by atoms with E-state index in [0.29, 0.717) is 6.42 Å². The monoisotopic (exact) mass is 275 g/mol. The summed E-state index contributed by atoms with van der Waals surface area (Å²) in [5.41, 5.74) is 5.34. The van der Waals surface area contributed by atoms with Crippen molar-refractivity contribution in [3.8, 4) is 0 Å². The zero-order valence-electron chi connectivity index (χ0n) is 11.0. The first-order valence-corrected chi connectivity index (χ1v) is 5.99. The molecule has 0 saturated carbocycles. The lowest BCUT2D eigenvalue weighted by Crippen LogP contribution is -2.55. The minimum Gasteiger partial charge on any atom is -0.480 e. The standard InChI is InChI=1S/C11H21N3O5/c1-3-6(2)9(11(19)13-4-8(16)17)14-10(18)7(12)5-15/h6-7,9,15H,3-5,12H2,1-2H3,(H,13,19)(H,14,18)(H,16,17). The highest BCUT2D eigenvalue weighted by Crippen LogP contribution is 2.08. The van der Waals surface area contributed by atoms with Gasteiger partial charge in [0.15, 0.2) is 0 Å². The first-order chi connectivity index (χ1) is 8.83. The summed E-state index contributed by atoms with van der Waals surface area (Å²) in [6.45, 7) is 2.53. The van der Waals surface area contributed by atoms with Gasteiger partial charge in [-0.05, 0) is 5.92 Å². The molecule has 19 heavy (non-hydrogen) atoms. The van der Waals surface area contributed by atoms with Crippen LogP contribution in [-0.2, 0) is 14.4 Å². The molecule has 0 rings (SSSR count). The lowest BCUT2D eigenvalue weighted by Gasteiger charge is -2.24. The second kappa shape index (κ2) is 8.44. The quantitative estimate of drug-likeness (QED) is 0.348. The maximum absolute atomic E-state index is 11.8. The molecule has 0 heterocycles. The first-order valence-electron chi connectivity index (χ1n) is 5.99. The average Bonchev–Trinajstić information content (AvgIpc) is 2.39. The summed E-state index contributed by atoms with van der Waals surface area (Å²) in [6, 6.07) is -1.99. The van der Waals surface area contributed by atoms with Gasteiger partial charge in [-0.1, -0.05) is 20.3 Å². The maximum Gasteiger partial charge on any atom is 0.322 e. The van der Waals surface area contributed by atoms with E-state index in [4.69, 9.17) is 15.9 Å². The van der Waals surface area contributed by atoms with Gasteiger partial charge in [0, 0.05) is 0 Å². The summed E-state index contributed by atoms with van der Waals surface area (Å²) in [5.74, 6) is -2.60. The minimum atomic E-state index is -1.17. The Morgan fingerprint density at radius 3 is 2.26 bits per heavy atom. The van der Waals surface area contributed by atoms with Gasteiger partial charge in [0.05, 0.1) is 6.61 Å². The number of aliphatic hydroxyl groups is 1. The van der Waals surface area contributed by atoms with Crippen molar-refractivity contribution >= 4 is 17.8 Å². The van der Waals surface area contributed by atoms with Crippen LogP contribution in [0.15, 0.2) is 0 Å². The minimum absolute atomic E-state index is 0.191. The summed E-state index contributed by atoms with van der Waals surface area (Å²) < 4.78 is 0. The van der Waals surface area contributed by atoms with Crippen LogP contribution in [0.3, 0.4) is 0 Å². The van der Waals surface area contributed by atoms with E-state index < -0.39 is 43.0 Å². The zero-order chi connectivity index (χ0) is 15.0. The second-order valence-electron chi connectivity index (χ2n) is 4.27. The number of carboxylic acids is 1. The number of hydrogen-bond acceptors (Lipinski definition) is 5. The van der Waals surface area contributed by atoms with Crippen molar-refractivity contribution in [1.82, 2.24) is 10.6 Å². The van der Waals surface area contributed by atoms with E-state index in [-0.39, 0.29) is 5.92 Å². The van der Waals surface area contributed by atoms with E-state index >= 15 is 0 Å². The van der Waals surface area contributed by atoms with Crippen molar-refractivity contribution in [2.45, 2.75) is 32.4 Å². The lowest BCUT2D eigenvalue weighted by atomic mass is 9.98. The van der Waals surface area contributed by atoms with Crippen LogP contribution in [0.5, 0.6) is 0 Å². The molecule has 3 atom stereocenters. The van der Waals surface area contributed by atoms with E-state index in [2.05, 4.69) is 10.6 Å². The molecule has 0 aliphatic heterocycles. The molecule has 0 spiro atoms. The number of carbonyl (C=O) groups excluding carboxylic acids is 2. The molecule has 0 aliphatic carbocycles. The molecule has 6 N–H and O–H groups in total. The van der Waals surface area contributed by atoms with Gasteiger partial charge < -0.3 is 26.6 Å². The van der Waals surface area contributed by atoms with Crippen LogP contribution in [-0.4, -0.2) is 53.2 Å². The van der Waals surface area contributed by atoms with Crippen LogP contribution < -0.4 is 16.4 Å². The molecule has 0 saturated heterocycles. The van der Waals surface area contributed by atoms with Crippen LogP contribution in [0.1, 0.15) is 20.3 Å². The van der Waals surface area contributed by atoms with Crippen LogP contribution in [0.4, 0.5) is 0 Å². The van der Waals surface area contributed by atoms with E-state index in [9.17, 15) is 14.4 Å². The number of nitrogens with one attached hydrogen (secondary N) is 2. The predicted molar refractivity (Wildman–Crippen MR) is 67.1 cm³/mol. The third-order valence-electron chi connectivity index (χ3n) is 2.74. The third kappa shape index (κ3) is 6.16. The highest BCUT2D eigenvalue weighted by molar-refractivity contribution is 5.91. The molecule has 0 radical (unpaired) electrons. The Hall–Kier alpha value is -1.67. The average molecular weight is 275 g/mol. The van der Waals surface area contributed by atoms with E-state index in [0.717, 1.165) is 0 Å². The summed E-state index contributed by atoms with van der Waals surface area (Å²) in [6.07, 6.45) is 0.611. The molecule has 0 aliphatic rings. The highest BCUT2D eigenvalue weighted by atomic mass is 16.4. The van der Waals surface area contributed by atoms with Crippen molar-refractivity contribution < 1.29 is 24.6 Å². The zero-order valence-corrected chi connectivity index (χ0v) is 11.0. The first kappa shape index (κ1) is 17.3. The third-order valence-corrected chi connectivity index (χ3v) is 2.74. The fourth-order valence-electron chi connectivity index (χ4n) is 1.32. The van der Waals surface area contributed by atoms with Crippen molar-refractivity contribution in [3.05, 3.63) is 0 Å². The Kier molecular flexibility index (Phi) is 7.69. The molecular weight excluding hydrogens is 254 g/mol. The van der Waals surface area contributed by atoms with Crippen molar-refractivity contribution in [2.24, 2.45) is 11.7 Å². The Labute approximate surface area is 111 Å². The number of hydrogen-bond donors (Lipinski definition) is 5. The molecule has 3 unspecified atom stereocenters. The largest absolute Gasteiger partial charge is 0.480 e. The summed E-state index contributed by atoms with van der Waals surface area (Å²) in [5, 5.41) is 21.9. The van der Waals surface area contributed by atoms with Gasteiger partial charge >= 0.3 is 5.97 Å². The molecular formula is C11H21N3O5. The van der Waals surface area contributed by atoms with Crippen molar-refractivity contribution in [1.29, 1.82) is 0 Å². The normalized spacial score (nSPS) is 15.2. The van der Waals surface area contributed by atoms with E-state index in [1.165, 1.54) is 0 Å². The van der Waals surface area contributed by atoms with Gasteiger partial charge in [-0.15, -0.1) is 0 Å². The van der Waals surface area contributed by atoms with Gasteiger partial charge in [0.1, 0.15) is 18.6 Å². The number of aliphatic hydroxyl groups excluding tert-OH is 1. The smallest absolute Gasteiger partial charge is 0.322 e. The predicted octanol–water partition coefficient (Wildman–Crippen LogP) is -1.96. The Balaban J connectivity index is 4.67. The van der Waals surface area contributed by atoms with Gasteiger partial charge in [-0.3, -0.25) is 14.4 Å². The van der Waals surface area contributed by atoms with E-state index in [1.54, 1.807) is 6.92 Å². The summed E-state index contributed by atoms with van der Waals surface area (Å²) in [4.78, 5) is 33.7. The fourth-order valence-corrected chi connectivity index (χ4v) is 1.32. The van der Waals surface area contributed by atoms with Crippen LogP contribution in [0.25, 0.3) is 0 Å². The maximum atomic E-state index is 11.8. The number of carboxylic acid groups (broad SMARTS) is 1. The van der Waals surface area contributed by atoms with Gasteiger partial charge in [-0.25, -0.2) is 0 Å². The topological polar surface area (TPSA) is 142 Å². The van der Waals surface area contributed by atoms with Gasteiger partial charge in [0.25, 0.3) is 0 Å². The van der Waals surface area contributed by atoms with Gasteiger partial charge in [0.2, 0.25) is 11.8 Å². The molecule has 0 bridgehead atoms. The van der Waals surface area contributed by atoms with Crippen LogP contribution >= 0.6 is 0 Å². The van der Waals surface area contributed by atoms with Gasteiger partial charge in [-0.2, -0.15) is 0 Å². The number of carbonyl (C=O) groups is 3. The van der Waals surface area contributed by atoms with Crippen molar-refractivity contribution in [2.75, 3.05) is 13.2 Å². The number of rotatable bonds is 8. The Morgan fingerprint density at radius 1 is 1.26 bits per heavy atom. The molecule has 0 aromatic rings. The Morgan fingerprint density at radius 2 is 1.84 bits per heavy atom. The lowest BCUT2D eigenvalue weighted by molar-refractivity contribution is -0.138. The van der Waals surface area contributed by atoms with E-state index in [1.807, 2.05) is 6.92 Å². The van der Waals surface area contributed by atoms with Crippen molar-refractivity contribution in [3.63, 3.8) is 0 Å². The fraction of sp³-hybridized carbons (Fsp3) is 0.727.